The maximum absolute atomic E-state index is 12.0. The summed E-state index contributed by atoms with van der Waals surface area (Å²) in [4.78, 5) is 34.7. The molecule has 0 fully saturated rings. The van der Waals surface area contributed by atoms with E-state index in [-0.39, 0.29) is 6.54 Å². The van der Waals surface area contributed by atoms with Gasteiger partial charge in [0.25, 0.3) is 5.91 Å². The summed E-state index contributed by atoms with van der Waals surface area (Å²) in [7, 11) is 0. The van der Waals surface area contributed by atoms with Crippen LogP contribution in [-0.4, -0.2) is 31.1 Å². The molecular weight excluding hydrogens is 350 g/mol. The second-order valence-electron chi connectivity index (χ2n) is 5.47. The van der Waals surface area contributed by atoms with Gasteiger partial charge in [0.1, 0.15) is 5.75 Å². The van der Waals surface area contributed by atoms with Gasteiger partial charge in [0.15, 0.2) is 6.61 Å². The van der Waals surface area contributed by atoms with E-state index >= 15 is 0 Å². The lowest BCUT2D eigenvalue weighted by molar-refractivity contribution is -0.119. The Labute approximate surface area is 156 Å². The first-order valence-electron chi connectivity index (χ1n) is 8.30. The maximum atomic E-state index is 12.0. The van der Waals surface area contributed by atoms with Crippen LogP contribution in [0.2, 0.25) is 0 Å². The molecule has 0 atom stereocenters. The van der Waals surface area contributed by atoms with Crippen molar-refractivity contribution >= 4 is 23.6 Å². The minimum atomic E-state index is -0.629. The van der Waals surface area contributed by atoms with E-state index in [9.17, 15) is 14.4 Å². The Morgan fingerprint density at radius 3 is 2.41 bits per heavy atom. The van der Waals surface area contributed by atoms with Crippen LogP contribution in [0.4, 0.5) is 10.5 Å². The lowest BCUT2D eigenvalue weighted by atomic mass is 10.1. The Morgan fingerprint density at radius 1 is 1.04 bits per heavy atom. The summed E-state index contributed by atoms with van der Waals surface area (Å²) < 4.78 is 10.4. The van der Waals surface area contributed by atoms with Crippen LogP contribution in [-0.2, 0) is 16.1 Å². The van der Waals surface area contributed by atoms with Crippen molar-refractivity contribution in [3.63, 3.8) is 0 Å². The standard InChI is InChI=1S/C19H21N3O5/c1-2-26-16-6-4-3-5-15(16)22-17(23)12-27-18(24)14-9-7-13(8-10-14)11-21-19(20)25/h3-10H,2,11-12H2,1H3,(H,22,23)(H3,20,21,25). The van der Waals surface area contributed by atoms with E-state index in [4.69, 9.17) is 15.2 Å². The molecule has 0 heterocycles. The van der Waals surface area contributed by atoms with E-state index in [1.165, 1.54) is 0 Å². The number of carbonyl (C=O) groups is 3. The highest BCUT2D eigenvalue weighted by Crippen LogP contribution is 2.23. The average Bonchev–Trinajstić information content (AvgIpc) is 2.66. The number of hydrogen-bond acceptors (Lipinski definition) is 5. The van der Waals surface area contributed by atoms with Gasteiger partial charge in [0.2, 0.25) is 0 Å². The minimum absolute atomic E-state index is 0.256. The Balaban J connectivity index is 1.86. The second kappa shape index (κ2) is 9.81. The molecule has 0 spiro atoms. The highest BCUT2D eigenvalue weighted by atomic mass is 16.5. The number of benzene rings is 2. The summed E-state index contributed by atoms with van der Waals surface area (Å²) in [6.45, 7) is 2.14. The van der Waals surface area contributed by atoms with Gasteiger partial charge >= 0.3 is 12.0 Å². The quantitative estimate of drug-likeness (QED) is 0.614. The van der Waals surface area contributed by atoms with E-state index in [0.29, 0.717) is 23.6 Å². The summed E-state index contributed by atoms with van der Waals surface area (Å²) in [5.74, 6) is -0.560. The zero-order valence-electron chi connectivity index (χ0n) is 14.9. The number of urea groups is 1. The summed E-state index contributed by atoms with van der Waals surface area (Å²) in [5, 5.41) is 5.09. The topological polar surface area (TPSA) is 120 Å². The van der Waals surface area contributed by atoms with E-state index < -0.39 is 24.5 Å². The van der Waals surface area contributed by atoms with Gasteiger partial charge in [-0.25, -0.2) is 9.59 Å². The molecule has 8 nitrogen and oxygen atoms in total. The van der Waals surface area contributed by atoms with Crippen LogP contribution < -0.4 is 21.1 Å². The van der Waals surface area contributed by atoms with Crippen molar-refractivity contribution < 1.29 is 23.9 Å². The van der Waals surface area contributed by atoms with E-state index in [1.54, 1.807) is 48.5 Å². The number of rotatable bonds is 8. The van der Waals surface area contributed by atoms with Crippen molar-refractivity contribution in [2.24, 2.45) is 5.73 Å². The van der Waals surface area contributed by atoms with Crippen LogP contribution in [0.5, 0.6) is 5.75 Å². The number of ether oxygens (including phenoxy) is 2. The molecule has 0 aliphatic rings. The molecule has 2 rings (SSSR count). The summed E-state index contributed by atoms with van der Waals surface area (Å²) in [5.41, 5.74) is 6.57. The third-order valence-corrected chi connectivity index (χ3v) is 3.45. The number of amides is 3. The summed E-state index contributed by atoms with van der Waals surface area (Å²) in [6.07, 6.45) is 0. The lowest BCUT2D eigenvalue weighted by Crippen LogP contribution is -2.28. The largest absolute Gasteiger partial charge is 0.492 e. The smallest absolute Gasteiger partial charge is 0.338 e. The number of carbonyl (C=O) groups excluding carboxylic acids is 3. The van der Waals surface area contributed by atoms with Crippen LogP contribution in [0.1, 0.15) is 22.8 Å². The molecule has 0 aliphatic carbocycles. The molecule has 0 saturated heterocycles. The van der Waals surface area contributed by atoms with E-state index in [2.05, 4.69) is 10.6 Å². The van der Waals surface area contributed by atoms with Crippen LogP contribution in [0.15, 0.2) is 48.5 Å². The van der Waals surface area contributed by atoms with Crippen LogP contribution in [0.3, 0.4) is 0 Å². The third-order valence-electron chi connectivity index (χ3n) is 3.45. The molecule has 0 bridgehead atoms. The van der Waals surface area contributed by atoms with Gasteiger partial charge in [-0.2, -0.15) is 0 Å². The average molecular weight is 371 g/mol. The van der Waals surface area contributed by atoms with Crippen molar-refractivity contribution in [2.45, 2.75) is 13.5 Å². The van der Waals surface area contributed by atoms with Crippen molar-refractivity contribution in [3.05, 3.63) is 59.7 Å². The molecule has 4 N–H and O–H groups in total. The zero-order valence-corrected chi connectivity index (χ0v) is 14.9. The van der Waals surface area contributed by atoms with Gasteiger partial charge in [-0.05, 0) is 36.8 Å². The number of hydrogen-bond donors (Lipinski definition) is 3. The molecule has 8 heteroatoms. The number of para-hydroxylation sites is 2. The van der Waals surface area contributed by atoms with Gasteiger partial charge in [0, 0.05) is 6.54 Å². The number of primary amides is 1. The number of nitrogens with one attached hydrogen (secondary N) is 2. The molecule has 0 aliphatic heterocycles. The molecule has 2 aromatic carbocycles. The van der Waals surface area contributed by atoms with Gasteiger partial charge < -0.3 is 25.8 Å². The second-order valence-corrected chi connectivity index (χ2v) is 5.47. The zero-order chi connectivity index (χ0) is 19.6. The summed E-state index contributed by atoms with van der Waals surface area (Å²) in [6, 6.07) is 12.8. The highest BCUT2D eigenvalue weighted by Gasteiger charge is 2.12. The molecule has 2 aromatic rings. The molecule has 0 radical (unpaired) electrons. The Hall–Kier alpha value is -3.55. The van der Waals surface area contributed by atoms with Crippen molar-refractivity contribution in [3.8, 4) is 5.75 Å². The Kier molecular flexibility index (Phi) is 7.18. The third kappa shape index (κ3) is 6.35. The van der Waals surface area contributed by atoms with Crippen molar-refractivity contribution in [1.82, 2.24) is 5.32 Å². The fourth-order valence-corrected chi connectivity index (χ4v) is 2.20. The number of nitrogens with two attached hydrogens (primary N) is 1. The molecule has 0 aromatic heterocycles. The van der Waals surface area contributed by atoms with Gasteiger partial charge in [-0.1, -0.05) is 24.3 Å². The molecule has 142 valence electrons. The Bertz CT molecular complexity index is 805. The lowest BCUT2D eigenvalue weighted by Gasteiger charge is -2.11. The van der Waals surface area contributed by atoms with E-state index in [0.717, 1.165) is 5.56 Å². The van der Waals surface area contributed by atoms with Crippen LogP contribution in [0.25, 0.3) is 0 Å². The molecular formula is C19H21N3O5. The first-order chi connectivity index (χ1) is 13.0. The molecule has 3 amide bonds. The monoisotopic (exact) mass is 371 g/mol. The fraction of sp³-hybridized carbons (Fsp3) is 0.211. The molecule has 27 heavy (non-hydrogen) atoms. The number of anilines is 1. The maximum Gasteiger partial charge on any atom is 0.338 e. The van der Waals surface area contributed by atoms with E-state index in [1.807, 2.05) is 6.92 Å². The Morgan fingerprint density at radius 2 is 1.74 bits per heavy atom. The van der Waals surface area contributed by atoms with Crippen LogP contribution in [0, 0.1) is 0 Å². The van der Waals surface area contributed by atoms with Gasteiger partial charge in [0.05, 0.1) is 17.9 Å². The normalized spacial score (nSPS) is 9.96. The van der Waals surface area contributed by atoms with Crippen molar-refractivity contribution in [2.75, 3.05) is 18.5 Å². The van der Waals surface area contributed by atoms with Gasteiger partial charge in [-0.3, -0.25) is 4.79 Å². The first-order valence-corrected chi connectivity index (χ1v) is 8.30. The summed E-state index contributed by atoms with van der Waals surface area (Å²) >= 11 is 0. The predicted molar refractivity (Wildman–Crippen MR) is 99.4 cm³/mol. The van der Waals surface area contributed by atoms with Gasteiger partial charge in [-0.15, -0.1) is 0 Å². The van der Waals surface area contributed by atoms with Crippen LogP contribution >= 0.6 is 0 Å². The highest BCUT2D eigenvalue weighted by molar-refractivity contribution is 5.96. The molecule has 0 saturated carbocycles. The predicted octanol–water partition coefficient (Wildman–Crippen LogP) is 2.05. The minimum Gasteiger partial charge on any atom is -0.492 e. The fourth-order valence-electron chi connectivity index (χ4n) is 2.20. The molecule has 0 unspecified atom stereocenters. The van der Waals surface area contributed by atoms with Crippen molar-refractivity contribution in [1.29, 1.82) is 0 Å². The number of esters is 1. The SMILES string of the molecule is CCOc1ccccc1NC(=O)COC(=O)c1ccc(CNC(N)=O)cc1. The first kappa shape index (κ1) is 19.8.